The third-order valence-electron chi connectivity index (χ3n) is 6.58. The molecule has 4 rings (SSSR count). The first kappa shape index (κ1) is 23.2. The third-order valence-corrected chi connectivity index (χ3v) is 6.58. The van der Waals surface area contributed by atoms with Crippen LogP contribution in [0.3, 0.4) is 0 Å². The number of esters is 1. The molecule has 1 N–H and O–H groups in total. The van der Waals surface area contributed by atoms with Crippen molar-refractivity contribution >= 4 is 40.8 Å². The number of aryl methyl sites for hydroxylation is 1. The highest BCUT2D eigenvalue weighted by molar-refractivity contribution is 5.99. The largest absolute Gasteiger partial charge is 0.493 e. The van der Waals surface area contributed by atoms with Crippen molar-refractivity contribution in [2.45, 2.75) is 46.1 Å². The Kier molecular flexibility index (Phi) is 6.70. The summed E-state index contributed by atoms with van der Waals surface area (Å²) in [7, 11) is 0. The minimum atomic E-state index is -0.974. The molecule has 2 atom stereocenters. The maximum atomic E-state index is 11.9. The Labute approximate surface area is 188 Å². The number of rotatable bonds is 4. The van der Waals surface area contributed by atoms with Gasteiger partial charge in [-0.15, -0.1) is 12.4 Å². The lowest BCUT2D eigenvalue weighted by Gasteiger charge is -2.44. The molecule has 0 radical (unpaired) electrons. The monoisotopic (exact) mass is 447 g/mol. The second-order valence-corrected chi connectivity index (χ2v) is 8.90. The second kappa shape index (κ2) is 8.95. The first-order valence-electron chi connectivity index (χ1n) is 10.6. The predicted molar refractivity (Wildman–Crippen MR) is 122 cm³/mol. The van der Waals surface area contributed by atoms with Gasteiger partial charge in [-0.05, 0) is 44.7 Å². The summed E-state index contributed by atoms with van der Waals surface area (Å²) in [4.78, 5) is 25.9. The molecule has 2 aliphatic rings. The Morgan fingerprint density at radius 1 is 1.23 bits per heavy atom. The molecule has 0 aliphatic carbocycles. The van der Waals surface area contributed by atoms with Gasteiger partial charge in [0.05, 0.1) is 18.6 Å². The molecule has 6 nitrogen and oxygen atoms in total. The molecule has 2 unspecified atom stereocenters. The maximum absolute atomic E-state index is 11.9. The van der Waals surface area contributed by atoms with Gasteiger partial charge in [-0.3, -0.25) is 9.59 Å². The molecular formula is C24H30ClNO5. The first-order valence-corrected chi connectivity index (χ1v) is 10.6. The molecule has 0 amide bonds. The van der Waals surface area contributed by atoms with Crippen molar-refractivity contribution in [3.8, 4) is 5.75 Å². The van der Waals surface area contributed by atoms with Crippen LogP contribution in [0.1, 0.15) is 39.2 Å². The number of ether oxygens (including phenoxy) is 2. The van der Waals surface area contributed by atoms with E-state index in [2.05, 4.69) is 23.1 Å². The number of anilines is 1. The summed E-state index contributed by atoms with van der Waals surface area (Å²) in [6, 6.07) is 10.4. The van der Waals surface area contributed by atoms with Crippen molar-refractivity contribution in [1.29, 1.82) is 0 Å². The van der Waals surface area contributed by atoms with Crippen LogP contribution >= 0.6 is 12.4 Å². The van der Waals surface area contributed by atoms with E-state index in [4.69, 9.17) is 9.47 Å². The van der Waals surface area contributed by atoms with Crippen molar-refractivity contribution in [2.24, 2.45) is 11.3 Å². The number of hydrogen-bond donors (Lipinski definition) is 1. The molecule has 1 fully saturated rings. The van der Waals surface area contributed by atoms with Crippen LogP contribution in [0.5, 0.6) is 5.75 Å². The number of aliphatic carboxylic acids is 1. The van der Waals surface area contributed by atoms with Gasteiger partial charge in [-0.25, -0.2) is 0 Å². The maximum Gasteiger partial charge on any atom is 0.309 e. The number of carbonyl (C=O) groups excluding carboxylic acids is 1. The van der Waals surface area contributed by atoms with Gasteiger partial charge in [0, 0.05) is 35.8 Å². The second-order valence-electron chi connectivity index (χ2n) is 8.90. The van der Waals surface area contributed by atoms with E-state index < -0.39 is 17.5 Å². The zero-order chi connectivity index (χ0) is 21.5. The minimum Gasteiger partial charge on any atom is -0.493 e. The number of benzene rings is 2. The van der Waals surface area contributed by atoms with Crippen LogP contribution in [0, 0.1) is 11.3 Å². The molecule has 31 heavy (non-hydrogen) atoms. The molecule has 168 valence electrons. The Balaban J connectivity index is 0.00000272. The SMILES string of the molecule is CC(=O)OC1CN(c2cc3c(c4ccccc24)OCCC3)CCC1C(C)(C)C(=O)O.Cl. The van der Waals surface area contributed by atoms with Crippen molar-refractivity contribution in [3.05, 3.63) is 35.9 Å². The van der Waals surface area contributed by atoms with Crippen LogP contribution in [0.2, 0.25) is 0 Å². The van der Waals surface area contributed by atoms with E-state index in [1.54, 1.807) is 13.8 Å². The molecule has 2 heterocycles. The number of piperidine rings is 1. The molecule has 0 saturated carbocycles. The number of hydrogen-bond acceptors (Lipinski definition) is 5. The van der Waals surface area contributed by atoms with E-state index >= 15 is 0 Å². The van der Waals surface area contributed by atoms with E-state index in [9.17, 15) is 14.7 Å². The van der Waals surface area contributed by atoms with Gasteiger partial charge in [-0.2, -0.15) is 0 Å². The van der Waals surface area contributed by atoms with E-state index in [0.717, 1.165) is 41.7 Å². The standard InChI is InChI=1S/C24H29NO5.ClH/c1-15(26)30-21-14-25(11-10-19(21)24(2,3)23(27)28)20-13-16-7-6-12-29-22(16)18-9-5-4-8-17(18)20;/h4-5,8-9,13,19,21H,6-7,10-12,14H2,1-3H3,(H,27,28);1H. The van der Waals surface area contributed by atoms with Gasteiger partial charge in [0.15, 0.2) is 0 Å². The quantitative estimate of drug-likeness (QED) is 0.697. The Morgan fingerprint density at radius 2 is 1.94 bits per heavy atom. The topological polar surface area (TPSA) is 76.1 Å². The average Bonchev–Trinajstić information content (AvgIpc) is 2.72. The van der Waals surface area contributed by atoms with Crippen LogP contribution in [0.4, 0.5) is 5.69 Å². The Morgan fingerprint density at radius 3 is 2.61 bits per heavy atom. The fourth-order valence-electron chi connectivity index (χ4n) is 4.89. The van der Waals surface area contributed by atoms with Gasteiger partial charge in [0.1, 0.15) is 11.9 Å². The van der Waals surface area contributed by atoms with Crippen LogP contribution in [-0.4, -0.2) is 42.8 Å². The normalized spacial score (nSPS) is 20.9. The van der Waals surface area contributed by atoms with Crippen molar-refractivity contribution < 1.29 is 24.2 Å². The average molecular weight is 448 g/mol. The van der Waals surface area contributed by atoms with E-state index in [1.165, 1.54) is 12.5 Å². The van der Waals surface area contributed by atoms with Crippen LogP contribution < -0.4 is 9.64 Å². The number of carboxylic acid groups (broad SMARTS) is 1. The molecule has 7 heteroatoms. The Bertz CT molecular complexity index is 989. The number of fused-ring (bicyclic) bond motifs is 3. The summed E-state index contributed by atoms with van der Waals surface area (Å²) < 4.78 is 11.6. The third kappa shape index (κ3) is 4.31. The molecular weight excluding hydrogens is 418 g/mol. The van der Waals surface area contributed by atoms with E-state index in [1.807, 2.05) is 12.1 Å². The number of carbonyl (C=O) groups is 2. The summed E-state index contributed by atoms with van der Waals surface area (Å²) in [5, 5.41) is 11.9. The van der Waals surface area contributed by atoms with Gasteiger partial charge in [0.2, 0.25) is 0 Å². The molecule has 0 spiro atoms. The van der Waals surface area contributed by atoms with Gasteiger partial charge in [0.25, 0.3) is 0 Å². The van der Waals surface area contributed by atoms with Gasteiger partial charge in [-0.1, -0.05) is 24.3 Å². The van der Waals surface area contributed by atoms with Gasteiger partial charge >= 0.3 is 11.9 Å². The Hall–Kier alpha value is -2.47. The smallest absolute Gasteiger partial charge is 0.309 e. The van der Waals surface area contributed by atoms with E-state index in [0.29, 0.717) is 19.5 Å². The van der Waals surface area contributed by atoms with Crippen LogP contribution in [0.15, 0.2) is 30.3 Å². The van der Waals surface area contributed by atoms with Crippen molar-refractivity contribution in [2.75, 3.05) is 24.6 Å². The highest BCUT2D eigenvalue weighted by Crippen LogP contribution is 2.43. The van der Waals surface area contributed by atoms with Crippen molar-refractivity contribution in [3.63, 3.8) is 0 Å². The number of halogens is 1. The molecule has 0 aromatic heterocycles. The van der Waals surface area contributed by atoms with Crippen LogP contribution in [0.25, 0.3) is 10.8 Å². The molecule has 2 aliphatic heterocycles. The summed E-state index contributed by atoms with van der Waals surface area (Å²) in [5.74, 6) is -0.521. The number of nitrogens with zero attached hydrogens (tertiary/aromatic N) is 1. The van der Waals surface area contributed by atoms with Crippen LogP contribution in [-0.2, 0) is 20.7 Å². The molecule has 2 aromatic rings. The molecule has 0 bridgehead atoms. The van der Waals surface area contributed by atoms with Gasteiger partial charge < -0.3 is 19.5 Å². The molecule has 2 aromatic carbocycles. The van der Waals surface area contributed by atoms with E-state index in [-0.39, 0.29) is 24.3 Å². The zero-order valence-corrected chi connectivity index (χ0v) is 19.0. The summed E-state index contributed by atoms with van der Waals surface area (Å²) in [5.41, 5.74) is 1.32. The molecule has 1 saturated heterocycles. The highest BCUT2D eigenvalue weighted by atomic mass is 35.5. The predicted octanol–water partition coefficient (Wildman–Crippen LogP) is 4.46. The first-order chi connectivity index (χ1) is 14.3. The fourth-order valence-corrected chi connectivity index (χ4v) is 4.89. The van der Waals surface area contributed by atoms with Crippen molar-refractivity contribution in [1.82, 2.24) is 0 Å². The zero-order valence-electron chi connectivity index (χ0n) is 18.2. The fraction of sp³-hybridized carbons (Fsp3) is 0.500. The summed E-state index contributed by atoms with van der Waals surface area (Å²) in [6.07, 6.45) is 2.13. The lowest BCUT2D eigenvalue weighted by molar-refractivity contribution is -0.163. The highest BCUT2D eigenvalue weighted by Gasteiger charge is 2.45. The summed E-state index contributed by atoms with van der Waals surface area (Å²) >= 11 is 0. The number of carboxylic acids is 1. The minimum absolute atomic E-state index is 0. The lowest BCUT2D eigenvalue weighted by atomic mass is 9.72. The lowest BCUT2D eigenvalue weighted by Crippen LogP contribution is -2.52. The summed E-state index contributed by atoms with van der Waals surface area (Å²) in [6.45, 7) is 6.75.